The number of alkyl halides is 1. The fourth-order valence-electron chi connectivity index (χ4n) is 2.92. The molecule has 3 nitrogen and oxygen atoms in total. The number of halogens is 1. The van der Waals surface area contributed by atoms with Gasteiger partial charge in [0.2, 0.25) is 0 Å². The van der Waals surface area contributed by atoms with E-state index in [1.165, 1.54) is 11.1 Å². The standard InChI is InChI=1S/C16H12ClNO2/c17-15(12-7-9-3-1-2-4-11(9)12)10-5-6-13-14(8-10)20-16(19)18-13/h1-6,8,12,15H,7H2,(H,18,19). The van der Waals surface area contributed by atoms with Crippen LogP contribution >= 0.6 is 11.6 Å². The number of aromatic nitrogens is 1. The Labute approximate surface area is 120 Å². The molecule has 0 fully saturated rings. The van der Waals surface area contributed by atoms with Gasteiger partial charge >= 0.3 is 5.76 Å². The van der Waals surface area contributed by atoms with Crippen LogP contribution in [0.15, 0.2) is 51.7 Å². The largest absolute Gasteiger partial charge is 0.417 e. The van der Waals surface area contributed by atoms with Crippen molar-refractivity contribution in [3.63, 3.8) is 0 Å². The highest BCUT2D eigenvalue weighted by molar-refractivity contribution is 6.21. The van der Waals surface area contributed by atoms with Crippen molar-refractivity contribution in [2.75, 3.05) is 0 Å². The molecule has 1 aromatic heterocycles. The van der Waals surface area contributed by atoms with Crippen LogP contribution in [-0.4, -0.2) is 4.98 Å². The van der Waals surface area contributed by atoms with E-state index in [1.54, 1.807) is 0 Å². The third-order valence-corrected chi connectivity index (χ3v) is 4.57. The molecule has 0 saturated heterocycles. The predicted octanol–water partition coefficient (Wildman–Crippen LogP) is 3.74. The van der Waals surface area contributed by atoms with Gasteiger partial charge in [-0.25, -0.2) is 4.79 Å². The molecular formula is C16H12ClNO2. The van der Waals surface area contributed by atoms with Gasteiger partial charge in [-0.2, -0.15) is 0 Å². The van der Waals surface area contributed by atoms with Crippen molar-refractivity contribution in [2.24, 2.45) is 0 Å². The lowest BCUT2D eigenvalue weighted by molar-refractivity contribution is 0.553. The first kappa shape index (κ1) is 11.8. The summed E-state index contributed by atoms with van der Waals surface area (Å²) in [5.41, 5.74) is 4.95. The van der Waals surface area contributed by atoms with Crippen LogP contribution in [-0.2, 0) is 6.42 Å². The Morgan fingerprint density at radius 3 is 2.95 bits per heavy atom. The lowest BCUT2D eigenvalue weighted by Gasteiger charge is -2.33. The second-order valence-corrected chi connectivity index (χ2v) is 5.65. The molecule has 2 unspecified atom stereocenters. The second kappa shape index (κ2) is 4.25. The summed E-state index contributed by atoms with van der Waals surface area (Å²) in [6.07, 6.45) is 0.999. The smallest absolute Gasteiger partial charge is 0.408 e. The molecule has 1 heterocycles. The minimum Gasteiger partial charge on any atom is -0.408 e. The Morgan fingerprint density at radius 1 is 1.25 bits per heavy atom. The van der Waals surface area contributed by atoms with E-state index >= 15 is 0 Å². The summed E-state index contributed by atoms with van der Waals surface area (Å²) >= 11 is 6.61. The van der Waals surface area contributed by atoms with Crippen LogP contribution in [0.3, 0.4) is 0 Å². The zero-order valence-electron chi connectivity index (χ0n) is 10.6. The van der Waals surface area contributed by atoms with Crippen LogP contribution in [0.25, 0.3) is 11.1 Å². The third-order valence-electron chi connectivity index (χ3n) is 4.01. The molecule has 1 aliphatic rings. The molecule has 0 bridgehead atoms. The zero-order valence-corrected chi connectivity index (χ0v) is 11.4. The molecule has 2 aromatic carbocycles. The molecule has 0 aliphatic heterocycles. The topological polar surface area (TPSA) is 46.0 Å². The maximum absolute atomic E-state index is 11.2. The van der Waals surface area contributed by atoms with Gasteiger partial charge in [-0.3, -0.25) is 4.98 Å². The summed E-state index contributed by atoms with van der Waals surface area (Å²) in [5.74, 6) is -0.103. The lowest BCUT2D eigenvalue weighted by Crippen LogP contribution is -2.20. The van der Waals surface area contributed by atoms with Crippen molar-refractivity contribution >= 4 is 22.7 Å². The number of hydrogen-bond donors (Lipinski definition) is 1. The number of rotatable bonds is 2. The van der Waals surface area contributed by atoms with Crippen molar-refractivity contribution in [3.8, 4) is 0 Å². The van der Waals surface area contributed by atoms with Gasteiger partial charge in [0, 0.05) is 5.92 Å². The highest BCUT2D eigenvalue weighted by Crippen LogP contribution is 2.46. The highest BCUT2D eigenvalue weighted by Gasteiger charge is 2.32. The number of benzene rings is 2. The van der Waals surface area contributed by atoms with Crippen molar-refractivity contribution < 1.29 is 4.42 Å². The van der Waals surface area contributed by atoms with Crippen LogP contribution in [0.4, 0.5) is 0 Å². The average molecular weight is 286 g/mol. The molecule has 3 aromatic rings. The van der Waals surface area contributed by atoms with Crippen molar-refractivity contribution in [2.45, 2.75) is 17.7 Å². The van der Waals surface area contributed by atoms with Gasteiger partial charge in [0.15, 0.2) is 5.58 Å². The van der Waals surface area contributed by atoms with E-state index in [2.05, 4.69) is 23.2 Å². The summed E-state index contributed by atoms with van der Waals surface area (Å²) in [6.45, 7) is 0. The first-order valence-corrected chi connectivity index (χ1v) is 7.00. The monoisotopic (exact) mass is 285 g/mol. The van der Waals surface area contributed by atoms with E-state index in [0.717, 1.165) is 12.0 Å². The zero-order chi connectivity index (χ0) is 13.7. The molecule has 0 amide bonds. The summed E-state index contributed by atoms with van der Waals surface area (Å²) in [5, 5.41) is -0.102. The molecule has 20 heavy (non-hydrogen) atoms. The van der Waals surface area contributed by atoms with Gasteiger partial charge in [-0.05, 0) is 35.2 Å². The van der Waals surface area contributed by atoms with Crippen LogP contribution in [0.1, 0.15) is 28.0 Å². The first-order valence-electron chi connectivity index (χ1n) is 6.57. The van der Waals surface area contributed by atoms with E-state index in [1.807, 2.05) is 24.3 Å². The average Bonchev–Trinajstić information content (AvgIpc) is 2.79. The number of fused-ring (bicyclic) bond motifs is 2. The van der Waals surface area contributed by atoms with Gasteiger partial charge in [0.1, 0.15) is 0 Å². The molecule has 4 heteroatoms. The van der Waals surface area contributed by atoms with Crippen molar-refractivity contribution in [1.82, 2.24) is 4.98 Å². The van der Waals surface area contributed by atoms with E-state index < -0.39 is 5.76 Å². The minimum absolute atomic E-state index is 0.102. The van der Waals surface area contributed by atoms with E-state index in [4.69, 9.17) is 16.0 Å². The summed E-state index contributed by atoms with van der Waals surface area (Å²) in [6, 6.07) is 14.0. The molecule has 0 saturated carbocycles. The Balaban J connectivity index is 1.71. The van der Waals surface area contributed by atoms with E-state index in [-0.39, 0.29) is 5.38 Å². The van der Waals surface area contributed by atoms with Gasteiger partial charge in [-0.1, -0.05) is 30.3 Å². The number of hydrogen-bond acceptors (Lipinski definition) is 2. The fraction of sp³-hybridized carbons (Fsp3) is 0.188. The van der Waals surface area contributed by atoms with Crippen LogP contribution in [0, 0.1) is 0 Å². The molecule has 0 spiro atoms. The lowest BCUT2D eigenvalue weighted by atomic mass is 9.74. The number of H-pyrrole nitrogens is 1. The first-order chi connectivity index (χ1) is 9.72. The van der Waals surface area contributed by atoms with Crippen LogP contribution in [0.2, 0.25) is 0 Å². The Bertz CT molecular complexity index is 849. The van der Waals surface area contributed by atoms with Crippen LogP contribution < -0.4 is 5.76 Å². The maximum Gasteiger partial charge on any atom is 0.417 e. The predicted molar refractivity (Wildman–Crippen MR) is 78.3 cm³/mol. The molecule has 2 atom stereocenters. The number of oxazole rings is 1. The molecule has 100 valence electrons. The number of aromatic amines is 1. The van der Waals surface area contributed by atoms with E-state index in [9.17, 15) is 4.79 Å². The molecule has 4 rings (SSSR count). The Kier molecular flexibility index (Phi) is 2.51. The van der Waals surface area contributed by atoms with E-state index in [0.29, 0.717) is 17.0 Å². The number of nitrogens with one attached hydrogen (secondary N) is 1. The Hall–Kier alpha value is -2.00. The highest BCUT2D eigenvalue weighted by atomic mass is 35.5. The molecular weight excluding hydrogens is 274 g/mol. The van der Waals surface area contributed by atoms with Crippen molar-refractivity contribution in [3.05, 3.63) is 69.7 Å². The fourth-order valence-corrected chi connectivity index (χ4v) is 3.29. The van der Waals surface area contributed by atoms with Gasteiger partial charge in [0.25, 0.3) is 0 Å². The van der Waals surface area contributed by atoms with Gasteiger partial charge < -0.3 is 4.42 Å². The molecule has 0 radical (unpaired) electrons. The van der Waals surface area contributed by atoms with Crippen molar-refractivity contribution in [1.29, 1.82) is 0 Å². The Morgan fingerprint density at radius 2 is 2.10 bits per heavy atom. The quantitative estimate of drug-likeness (QED) is 0.729. The third kappa shape index (κ3) is 1.70. The summed E-state index contributed by atoms with van der Waals surface area (Å²) in [7, 11) is 0. The maximum atomic E-state index is 11.2. The molecule has 1 N–H and O–H groups in total. The van der Waals surface area contributed by atoms with Gasteiger partial charge in [0.05, 0.1) is 10.9 Å². The van der Waals surface area contributed by atoms with Gasteiger partial charge in [-0.15, -0.1) is 11.6 Å². The summed E-state index contributed by atoms with van der Waals surface area (Å²) in [4.78, 5) is 13.8. The minimum atomic E-state index is -0.433. The second-order valence-electron chi connectivity index (χ2n) is 5.18. The summed E-state index contributed by atoms with van der Waals surface area (Å²) < 4.78 is 5.09. The SMILES string of the molecule is O=c1[nH]c2ccc(C(Cl)C3Cc4ccccc43)cc2o1. The molecule has 1 aliphatic carbocycles. The van der Waals surface area contributed by atoms with Crippen LogP contribution in [0.5, 0.6) is 0 Å². The normalized spacial score (nSPS) is 18.6.